The molecule has 4 rings (SSSR count). The number of amides is 1. The summed E-state index contributed by atoms with van der Waals surface area (Å²) in [6.45, 7) is 1.36. The first kappa shape index (κ1) is 21.0. The Morgan fingerprint density at radius 3 is 2.50 bits per heavy atom. The predicted molar refractivity (Wildman–Crippen MR) is 116 cm³/mol. The van der Waals surface area contributed by atoms with E-state index in [1.807, 2.05) is 24.3 Å². The highest BCUT2D eigenvalue weighted by Gasteiger charge is 2.31. The molecule has 0 unspecified atom stereocenters. The molecule has 158 valence electrons. The van der Waals surface area contributed by atoms with Crippen LogP contribution in [0.15, 0.2) is 62.7 Å². The van der Waals surface area contributed by atoms with Crippen LogP contribution < -0.4 is 4.74 Å². The van der Waals surface area contributed by atoms with Gasteiger partial charge in [0, 0.05) is 36.8 Å². The molecule has 8 nitrogen and oxygen atoms in total. The van der Waals surface area contributed by atoms with Gasteiger partial charge in [0.1, 0.15) is 9.96 Å². The smallest absolute Gasteiger partial charge is 0.274 e. The number of hydrogen-bond acceptors (Lipinski definition) is 6. The maximum Gasteiger partial charge on any atom is 0.274 e. The summed E-state index contributed by atoms with van der Waals surface area (Å²) in [5, 5.41) is 6.03. The molecule has 0 saturated carbocycles. The second kappa shape index (κ2) is 8.88. The monoisotopic (exact) mass is 510 g/mol. The van der Waals surface area contributed by atoms with E-state index in [2.05, 4.69) is 21.0 Å². The minimum atomic E-state index is -3.49. The fourth-order valence-corrected chi connectivity index (χ4v) is 5.88. The number of piperazine rings is 1. The summed E-state index contributed by atoms with van der Waals surface area (Å²) in [6, 6.07) is 12.4. The van der Waals surface area contributed by atoms with Gasteiger partial charge in [0.05, 0.1) is 0 Å². The summed E-state index contributed by atoms with van der Waals surface area (Å²) >= 11 is 4.57. The van der Waals surface area contributed by atoms with Gasteiger partial charge in [0.15, 0.2) is 12.4 Å². The second-order valence-corrected chi connectivity index (χ2v) is 10.6. The van der Waals surface area contributed by atoms with Gasteiger partial charge in [-0.05, 0) is 41.8 Å². The van der Waals surface area contributed by atoms with E-state index >= 15 is 0 Å². The van der Waals surface area contributed by atoms with Crippen LogP contribution in [0.5, 0.6) is 5.75 Å². The lowest BCUT2D eigenvalue weighted by atomic mass is 10.3. The van der Waals surface area contributed by atoms with Gasteiger partial charge in [0.2, 0.25) is 0 Å². The Morgan fingerprint density at radius 2 is 1.83 bits per heavy atom. The van der Waals surface area contributed by atoms with Gasteiger partial charge in [-0.15, -0.1) is 11.3 Å². The molecular formula is C19H19BrN4O4S2. The summed E-state index contributed by atoms with van der Waals surface area (Å²) in [6.07, 6.45) is 1.68. The summed E-state index contributed by atoms with van der Waals surface area (Å²) in [5.74, 6) is 0.482. The number of hydrogen-bond donors (Lipinski definition) is 0. The number of carbonyl (C=O) groups is 1. The molecule has 1 aliphatic heterocycles. The number of ether oxygens (including phenoxy) is 1. The number of thiophene rings is 1. The van der Waals surface area contributed by atoms with Crippen LogP contribution in [0.25, 0.3) is 0 Å². The minimum absolute atomic E-state index is 0.182. The number of rotatable bonds is 6. The third-order valence-corrected chi connectivity index (χ3v) is 8.45. The normalized spacial score (nSPS) is 15.3. The highest BCUT2D eigenvalue weighted by Crippen LogP contribution is 2.22. The van der Waals surface area contributed by atoms with Gasteiger partial charge in [-0.3, -0.25) is 4.79 Å². The lowest BCUT2D eigenvalue weighted by molar-refractivity contribution is 0.0690. The van der Waals surface area contributed by atoms with Crippen molar-refractivity contribution in [2.75, 3.05) is 26.2 Å². The first-order chi connectivity index (χ1) is 14.4. The van der Waals surface area contributed by atoms with Crippen LogP contribution >= 0.6 is 27.3 Å². The molecule has 0 bridgehead atoms. The van der Waals surface area contributed by atoms with Gasteiger partial charge in [-0.2, -0.15) is 9.40 Å². The van der Waals surface area contributed by atoms with Crippen molar-refractivity contribution in [2.24, 2.45) is 0 Å². The van der Waals surface area contributed by atoms with E-state index in [4.69, 9.17) is 4.74 Å². The van der Waals surface area contributed by atoms with Crippen molar-refractivity contribution in [3.05, 3.63) is 64.2 Å². The fraction of sp³-hybridized carbons (Fsp3) is 0.263. The Kier molecular flexibility index (Phi) is 6.23. The van der Waals surface area contributed by atoms with Gasteiger partial charge in [-0.1, -0.05) is 22.0 Å². The Balaban J connectivity index is 1.33. The molecule has 0 radical (unpaired) electrons. The van der Waals surface area contributed by atoms with E-state index in [0.29, 0.717) is 28.7 Å². The molecule has 1 aromatic carbocycles. The Hall–Kier alpha value is -2.21. The summed E-state index contributed by atoms with van der Waals surface area (Å²) in [4.78, 5) is 14.4. The zero-order valence-corrected chi connectivity index (χ0v) is 19.1. The molecule has 1 amide bonds. The molecule has 11 heteroatoms. The van der Waals surface area contributed by atoms with Crippen molar-refractivity contribution in [1.29, 1.82) is 0 Å². The molecule has 0 N–H and O–H groups in total. The van der Waals surface area contributed by atoms with Gasteiger partial charge in [0.25, 0.3) is 15.9 Å². The maximum atomic E-state index is 12.7. The number of halogens is 1. The van der Waals surface area contributed by atoms with E-state index < -0.39 is 10.0 Å². The number of carbonyl (C=O) groups excluding carboxylic acids is 1. The van der Waals surface area contributed by atoms with Crippen molar-refractivity contribution in [3.8, 4) is 5.75 Å². The van der Waals surface area contributed by atoms with Crippen LogP contribution in [0.3, 0.4) is 0 Å². The molecule has 1 fully saturated rings. The van der Waals surface area contributed by atoms with Crippen molar-refractivity contribution in [3.63, 3.8) is 0 Å². The van der Waals surface area contributed by atoms with Crippen molar-refractivity contribution in [2.45, 2.75) is 10.9 Å². The quantitative estimate of drug-likeness (QED) is 0.508. The summed E-state index contributed by atoms with van der Waals surface area (Å²) in [7, 11) is -3.49. The molecule has 0 spiro atoms. The number of benzene rings is 1. The van der Waals surface area contributed by atoms with Crippen LogP contribution in [0.2, 0.25) is 0 Å². The van der Waals surface area contributed by atoms with Crippen LogP contribution in [0.4, 0.5) is 0 Å². The fourth-order valence-electron chi connectivity index (χ4n) is 3.05. The molecule has 0 atom stereocenters. The molecule has 3 heterocycles. The van der Waals surface area contributed by atoms with E-state index in [1.54, 1.807) is 39.4 Å². The molecule has 30 heavy (non-hydrogen) atoms. The predicted octanol–water partition coefficient (Wildman–Crippen LogP) is 2.89. The molecule has 0 aliphatic carbocycles. The van der Waals surface area contributed by atoms with E-state index in [0.717, 1.165) is 4.47 Å². The average Bonchev–Trinajstić information content (AvgIpc) is 3.46. The minimum Gasteiger partial charge on any atom is -0.471 e. The third kappa shape index (κ3) is 4.59. The van der Waals surface area contributed by atoms with E-state index in [-0.39, 0.29) is 25.7 Å². The van der Waals surface area contributed by atoms with Crippen molar-refractivity contribution in [1.82, 2.24) is 19.0 Å². The Labute approximate surface area is 186 Å². The van der Waals surface area contributed by atoms with Gasteiger partial charge < -0.3 is 9.64 Å². The van der Waals surface area contributed by atoms with Crippen LogP contribution in [-0.2, 0) is 16.8 Å². The number of nitrogens with zero attached hydrogens (tertiary/aromatic N) is 4. The van der Waals surface area contributed by atoms with Crippen molar-refractivity contribution < 1.29 is 17.9 Å². The standard InChI is InChI=1S/C19H19BrN4O4S2/c20-15-3-5-16(6-4-15)28-14-23-8-7-17(21-23)19(25)22-9-11-24(12-10-22)30(26,27)18-2-1-13-29-18/h1-8,13H,9-12,14H2. The Morgan fingerprint density at radius 1 is 1.10 bits per heavy atom. The zero-order chi connectivity index (χ0) is 21.1. The third-order valence-electron chi connectivity index (χ3n) is 4.65. The SMILES string of the molecule is O=C(c1ccn(COc2ccc(Br)cc2)n1)N1CCN(S(=O)(=O)c2cccs2)CC1. The Bertz CT molecular complexity index is 1110. The van der Waals surface area contributed by atoms with E-state index in [1.165, 1.54) is 15.6 Å². The summed E-state index contributed by atoms with van der Waals surface area (Å²) in [5.41, 5.74) is 0.309. The highest BCUT2D eigenvalue weighted by atomic mass is 79.9. The first-order valence-electron chi connectivity index (χ1n) is 9.18. The topological polar surface area (TPSA) is 84.7 Å². The molecule has 2 aromatic heterocycles. The molecule has 1 aliphatic rings. The molecule has 3 aromatic rings. The lowest BCUT2D eigenvalue weighted by Crippen LogP contribution is -2.50. The number of sulfonamides is 1. The van der Waals surface area contributed by atoms with Crippen LogP contribution in [0.1, 0.15) is 10.5 Å². The maximum absolute atomic E-state index is 12.7. The van der Waals surface area contributed by atoms with Crippen molar-refractivity contribution >= 4 is 43.2 Å². The molecule has 1 saturated heterocycles. The van der Waals surface area contributed by atoms with E-state index in [9.17, 15) is 13.2 Å². The number of aromatic nitrogens is 2. The summed E-state index contributed by atoms with van der Waals surface area (Å²) < 4.78 is 35.1. The molecular weight excluding hydrogens is 492 g/mol. The van der Waals surface area contributed by atoms with Crippen LogP contribution in [-0.4, -0.2) is 59.5 Å². The largest absolute Gasteiger partial charge is 0.471 e. The highest BCUT2D eigenvalue weighted by molar-refractivity contribution is 9.10. The van der Waals surface area contributed by atoms with Gasteiger partial charge >= 0.3 is 0 Å². The first-order valence-corrected chi connectivity index (χ1v) is 12.3. The van der Waals surface area contributed by atoms with Gasteiger partial charge in [-0.25, -0.2) is 13.1 Å². The second-order valence-electron chi connectivity index (χ2n) is 6.60. The van der Waals surface area contributed by atoms with Crippen LogP contribution in [0, 0.1) is 0 Å². The zero-order valence-electron chi connectivity index (χ0n) is 15.8. The average molecular weight is 511 g/mol. The lowest BCUT2D eigenvalue weighted by Gasteiger charge is -2.33.